The van der Waals surface area contributed by atoms with E-state index < -0.39 is 0 Å². The van der Waals surface area contributed by atoms with Crippen LogP contribution in [0.1, 0.15) is 6.42 Å². The molecule has 0 radical (unpaired) electrons. The van der Waals surface area contributed by atoms with Crippen LogP contribution in [0.3, 0.4) is 0 Å². The molecule has 0 fully saturated rings. The Balaban J connectivity index is 0. The van der Waals surface area contributed by atoms with E-state index >= 15 is 0 Å². The number of hydrogen-bond donors (Lipinski definition) is 2. The first-order valence-corrected chi connectivity index (χ1v) is 6.49. The predicted molar refractivity (Wildman–Crippen MR) is 76.2 cm³/mol. The lowest BCUT2D eigenvalue weighted by Crippen LogP contribution is -2.33. The molecule has 0 unspecified atom stereocenters. The van der Waals surface area contributed by atoms with Crippen molar-refractivity contribution in [3.05, 3.63) is 0 Å². The number of hydrogen-bond acceptors (Lipinski definition) is 9. The summed E-state index contributed by atoms with van der Waals surface area (Å²) in [6, 6.07) is 0. The van der Waals surface area contributed by atoms with Gasteiger partial charge < -0.3 is 18.9 Å². The van der Waals surface area contributed by atoms with Crippen LogP contribution in [0.5, 0.6) is 0 Å². The Kier molecular flexibility index (Phi) is 19.7. The van der Waals surface area contributed by atoms with Gasteiger partial charge in [-0.05, 0) is 0 Å². The molecule has 0 aromatic carbocycles. The maximum atomic E-state index is 11.4. The molecule has 0 aromatic heterocycles. The van der Waals surface area contributed by atoms with Gasteiger partial charge in [-0.25, -0.2) is 0 Å². The lowest BCUT2D eigenvalue weighted by atomic mass is 10.3. The SMILES string of the molecule is COCCN(CCOC)CCC(=O)OCCOC=O.NN. The van der Waals surface area contributed by atoms with Gasteiger partial charge in [-0.3, -0.25) is 26.2 Å². The third-order valence-corrected chi connectivity index (χ3v) is 2.39. The monoisotopic (exact) mass is 309 g/mol. The van der Waals surface area contributed by atoms with Gasteiger partial charge in [0.1, 0.15) is 13.2 Å². The average Bonchev–Trinajstić information content (AvgIpc) is 2.52. The topological polar surface area (TPSA) is 126 Å². The molecule has 0 rings (SSSR count). The second-order valence-corrected chi connectivity index (χ2v) is 3.76. The Hall–Kier alpha value is -1.26. The zero-order chi connectivity index (χ0) is 16.3. The highest BCUT2D eigenvalue weighted by Gasteiger charge is 2.09. The van der Waals surface area contributed by atoms with Crippen LogP contribution in [-0.2, 0) is 28.5 Å². The minimum Gasteiger partial charge on any atom is -0.464 e. The number of nitrogens with two attached hydrogens (primary N) is 2. The largest absolute Gasteiger partial charge is 0.464 e. The average molecular weight is 309 g/mol. The highest BCUT2D eigenvalue weighted by atomic mass is 16.6. The molecule has 0 heterocycles. The van der Waals surface area contributed by atoms with Crippen molar-refractivity contribution in [2.24, 2.45) is 11.7 Å². The second kappa shape index (κ2) is 18.7. The number of carbonyl (C=O) groups is 2. The number of ether oxygens (including phenoxy) is 4. The summed E-state index contributed by atoms with van der Waals surface area (Å²) in [4.78, 5) is 23.3. The van der Waals surface area contributed by atoms with Crippen LogP contribution in [0.15, 0.2) is 0 Å². The number of hydrazine groups is 1. The first-order chi connectivity index (χ1) is 10.2. The number of methoxy groups -OCH3 is 2. The lowest BCUT2D eigenvalue weighted by Gasteiger charge is -2.20. The molecular formula is C12H27N3O6. The molecule has 0 saturated carbocycles. The number of carbonyl (C=O) groups excluding carboxylic acids is 2. The summed E-state index contributed by atoms with van der Waals surface area (Å²) in [7, 11) is 3.27. The normalized spacial score (nSPS) is 9.76. The summed E-state index contributed by atoms with van der Waals surface area (Å²) in [5.41, 5.74) is 0. The fraction of sp³-hybridized carbons (Fsp3) is 0.833. The zero-order valence-corrected chi connectivity index (χ0v) is 12.8. The van der Waals surface area contributed by atoms with Crippen molar-refractivity contribution < 1.29 is 28.5 Å². The van der Waals surface area contributed by atoms with Gasteiger partial charge in [0.15, 0.2) is 0 Å². The summed E-state index contributed by atoms with van der Waals surface area (Å²) in [5, 5.41) is 0. The Labute approximate surface area is 125 Å². The van der Waals surface area contributed by atoms with Gasteiger partial charge in [-0.15, -0.1) is 0 Å². The third kappa shape index (κ3) is 16.7. The summed E-state index contributed by atoms with van der Waals surface area (Å²) >= 11 is 0. The number of nitrogens with zero attached hydrogens (tertiary/aromatic N) is 1. The van der Waals surface area contributed by atoms with Gasteiger partial charge in [-0.2, -0.15) is 0 Å². The van der Waals surface area contributed by atoms with Gasteiger partial charge in [0.2, 0.25) is 0 Å². The van der Waals surface area contributed by atoms with Crippen molar-refractivity contribution in [1.29, 1.82) is 0 Å². The van der Waals surface area contributed by atoms with Crippen molar-refractivity contribution in [3.8, 4) is 0 Å². The van der Waals surface area contributed by atoms with Crippen molar-refractivity contribution in [1.82, 2.24) is 4.90 Å². The summed E-state index contributed by atoms with van der Waals surface area (Å²) in [6.45, 7) is 3.77. The predicted octanol–water partition coefficient (Wildman–Crippen LogP) is -1.49. The van der Waals surface area contributed by atoms with E-state index in [1.165, 1.54) is 0 Å². The Morgan fingerprint density at radius 1 is 1.00 bits per heavy atom. The first kappa shape index (κ1) is 22.0. The van der Waals surface area contributed by atoms with Crippen molar-refractivity contribution >= 4 is 12.4 Å². The van der Waals surface area contributed by atoms with Crippen molar-refractivity contribution in [2.45, 2.75) is 6.42 Å². The van der Waals surface area contributed by atoms with Crippen LogP contribution in [0.25, 0.3) is 0 Å². The Morgan fingerprint density at radius 2 is 1.57 bits per heavy atom. The van der Waals surface area contributed by atoms with E-state index in [0.717, 1.165) is 13.1 Å². The standard InChI is InChI=1S/C12H23NO6.H4N2/c1-16-7-5-13(6-8-17-2)4-3-12(15)19-10-9-18-11-14;1-2/h11H,3-10H2,1-2H3;1-2H2. The second-order valence-electron chi connectivity index (χ2n) is 3.76. The van der Waals surface area contributed by atoms with Crippen LogP contribution >= 0.6 is 0 Å². The molecule has 0 bridgehead atoms. The summed E-state index contributed by atoms with van der Waals surface area (Å²) in [5.74, 6) is 7.69. The summed E-state index contributed by atoms with van der Waals surface area (Å²) < 4.78 is 19.3. The van der Waals surface area contributed by atoms with Crippen LogP contribution in [0.4, 0.5) is 0 Å². The van der Waals surface area contributed by atoms with E-state index in [1.54, 1.807) is 14.2 Å². The zero-order valence-electron chi connectivity index (χ0n) is 12.8. The third-order valence-electron chi connectivity index (χ3n) is 2.39. The molecule has 0 aliphatic rings. The Bertz CT molecular complexity index is 235. The first-order valence-electron chi connectivity index (χ1n) is 6.49. The van der Waals surface area contributed by atoms with Crippen LogP contribution in [0.2, 0.25) is 0 Å². The lowest BCUT2D eigenvalue weighted by molar-refractivity contribution is -0.147. The number of rotatable bonds is 13. The minimum absolute atomic E-state index is 0.0896. The maximum Gasteiger partial charge on any atom is 0.307 e. The number of esters is 1. The van der Waals surface area contributed by atoms with E-state index in [0.29, 0.717) is 26.2 Å². The van der Waals surface area contributed by atoms with Crippen molar-refractivity contribution in [2.75, 3.05) is 60.3 Å². The highest BCUT2D eigenvalue weighted by molar-refractivity contribution is 5.69. The molecule has 9 heteroatoms. The minimum atomic E-state index is -0.311. The molecule has 0 saturated heterocycles. The molecule has 0 atom stereocenters. The van der Waals surface area contributed by atoms with E-state index in [9.17, 15) is 9.59 Å². The van der Waals surface area contributed by atoms with Gasteiger partial charge in [0.25, 0.3) is 6.47 Å². The van der Waals surface area contributed by atoms with Crippen LogP contribution in [0, 0.1) is 0 Å². The van der Waals surface area contributed by atoms with Gasteiger partial charge in [-0.1, -0.05) is 0 Å². The smallest absolute Gasteiger partial charge is 0.307 e. The molecule has 0 aromatic rings. The van der Waals surface area contributed by atoms with E-state index in [1.807, 2.05) is 0 Å². The molecule has 4 N–H and O–H groups in total. The molecule has 0 spiro atoms. The van der Waals surface area contributed by atoms with Crippen molar-refractivity contribution in [3.63, 3.8) is 0 Å². The molecule has 0 aliphatic carbocycles. The Morgan fingerprint density at radius 3 is 2.05 bits per heavy atom. The molecule has 9 nitrogen and oxygen atoms in total. The quantitative estimate of drug-likeness (QED) is 0.137. The summed E-state index contributed by atoms with van der Waals surface area (Å²) in [6.07, 6.45) is 0.286. The highest BCUT2D eigenvalue weighted by Crippen LogP contribution is 1.95. The van der Waals surface area contributed by atoms with Gasteiger partial charge in [0, 0.05) is 33.9 Å². The van der Waals surface area contributed by atoms with Gasteiger partial charge in [0.05, 0.1) is 19.6 Å². The van der Waals surface area contributed by atoms with Crippen LogP contribution in [-0.4, -0.2) is 77.6 Å². The fourth-order valence-corrected chi connectivity index (χ4v) is 1.35. The van der Waals surface area contributed by atoms with E-state index in [4.69, 9.17) is 14.2 Å². The van der Waals surface area contributed by atoms with Crippen LogP contribution < -0.4 is 11.7 Å². The fourth-order valence-electron chi connectivity index (χ4n) is 1.35. The van der Waals surface area contributed by atoms with E-state index in [2.05, 4.69) is 21.3 Å². The van der Waals surface area contributed by atoms with E-state index in [-0.39, 0.29) is 25.6 Å². The van der Waals surface area contributed by atoms with Gasteiger partial charge >= 0.3 is 5.97 Å². The molecule has 126 valence electrons. The molecular weight excluding hydrogens is 282 g/mol. The maximum absolute atomic E-state index is 11.4. The molecule has 0 amide bonds. The molecule has 21 heavy (non-hydrogen) atoms. The molecule has 0 aliphatic heterocycles.